The number of nitrogens with one attached hydrogen (secondary N) is 3. The van der Waals surface area contributed by atoms with Crippen LogP contribution in [0, 0.1) is 6.92 Å². The molecule has 7 heteroatoms. The number of aromatic nitrogens is 4. The fourth-order valence-corrected chi connectivity index (χ4v) is 3.04. The van der Waals surface area contributed by atoms with E-state index in [1.54, 1.807) is 0 Å². The van der Waals surface area contributed by atoms with E-state index in [2.05, 4.69) is 56.9 Å². The van der Waals surface area contributed by atoms with Gasteiger partial charge in [0.15, 0.2) is 0 Å². The molecule has 2 heterocycles. The fourth-order valence-electron chi connectivity index (χ4n) is 3.04. The molecule has 4 aromatic rings. The molecule has 2 aromatic carbocycles. The van der Waals surface area contributed by atoms with Crippen molar-refractivity contribution in [2.24, 2.45) is 0 Å². The summed E-state index contributed by atoms with van der Waals surface area (Å²) in [6.07, 6.45) is 1.02. The third-order valence-electron chi connectivity index (χ3n) is 4.80. The third-order valence-corrected chi connectivity index (χ3v) is 4.80. The van der Waals surface area contributed by atoms with Crippen molar-refractivity contribution in [2.75, 3.05) is 10.6 Å². The average Bonchev–Trinajstić information content (AvgIpc) is 3.16. The van der Waals surface area contributed by atoms with E-state index in [0.29, 0.717) is 30.5 Å². The molecule has 0 unspecified atom stereocenters. The van der Waals surface area contributed by atoms with Crippen molar-refractivity contribution in [3.63, 3.8) is 0 Å². The maximum absolute atomic E-state index is 12.4. The lowest BCUT2D eigenvalue weighted by Crippen LogP contribution is -2.17. The van der Waals surface area contributed by atoms with E-state index in [1.165, 1.54) is 21.7 Å². The molecule has 0 fully saturated rings. The van der Waals surface area contributed by atoms with Gasteiger partial charge in [-0.2, -0.15) is 9.50 Å². The largest absolute Gasteiger partial charge is 0.379 e. The van der Waals surface area contributed by atoms with Crippen LogP contribution in [0.4, 0.5) is 11.6 Å². The number of hydrogen-bond donors (Lipinski definition) is 3. The molecule has 0 radical (unpaired) electrons. The lowest BCUT2D eigenvalue weighted by atomic mass is 10.1. The smallest absolute Gasteiger partial charge is 0.274 e. The summed E-state index contributed by atoms with van der Waals surface area (Å²) in [6.45, 7) is 5.25. The second-order valence-electron chi connectivity index (χ2n) is 7.04. The van der Waals surface area contributed by atoms with E-state index in [-0.39, 0.29) is 5.56 Å². The van der Waals surface area contributed by atoms with Crippen LogP contribution >= 0.6 is 0 Å². The summed E-state index contributed by atoms with van der Waals surface area (Å²) in [5.74, 6) is 0.861. The average molecular weight is 388 g/mol. The number of benzene rings is 2. The Kier molecular flexibility index (Phi) is 5.29. The van der Waals surface area contributed by atoms with Crippen LogP contribution in [-0.2, 0) is 19.5 Å². The number of aromatic amines is 1. The van der Waals surface area contributed by atoms with Gasteiger partial charge in [-0.05, 0) is 36.6 Å². The van der Waals surface area contributed by atoms with Crippen LogP contribution < -0.4 is 16.2 Å². The zero-order valence-corrected chi connectivity index (χ0v) is 16.6. The Morgan fingerprint density at radius 1 is 0.931 bits per heavy atom. The van der Waals surface area contributed by atoms with Crippen LogP contribution in [0.3, 0.4) is 0 Å². The summed E-state index contributed by atoms with van der Waals surface area (Å²) in [5.41, 5.74) is 5.08. The predicted octanol–water partition coefficient (Wildman–Crippen LogP) is 3.51. The first kappa shape index (κ1) is 18.7. The van der Waals surface area contributed by atoms with Gasteiger partial charge in [0.2, 0.25) is 5.95 Å². The summed E-state index contributed by atoms with van der Waals surface area (Å²) in [5, 5.41) is 9.46. The van der Waals surface area contributed by atoms with Crippen molar-refractivity contribution < 1.29 is 0 Å². The molecule has 0 amide bonds. The molecule has 3 N–H and O–H groups in total. The van der Waals surface area contributed by atoms with Gasteiger partial charge in [0, 0.05) is 18.3 Å². The SMILES string of the molecule is CCc1ccc(CNc2nc3nc(CNc4ccc(C)cc4)cc(=O)n3[nH]2)cc1. The number of rotatable bonds is 7. The summed E-state index contributed by atoms with van der Waals surface area (Å²) < 4.78 is 1.35. The van der Waals surface area contributed by atoms with Gasteiger partial charge in [-0.1, -0.05) is 48.9 Å². The highest BCUT2D eigenvalue weighted by atomic mass is 16.1. The monoisotopic (exact) mass is 388 g/mol. The van der Waals surface area contributed by atoms with Crippen molar-refractivity contribution in [1.29, 1.82) is 0 Å². The zero-order chi connectivity index (χ0) is 20.2. The molecule has 0 aliphatic rings. The van der Waals surface area contributed by atoms with Gasteiger partial charge >= 0.3 is 0 Å². The van der Waals surface area contributed by atoms with E-state index in [0.717, 1.165) is 17.7 Å². The van der Waals surface area contributed by atoms with Crippen molar-refractivity contribution in [3.8, 4) is 0 Å². The molecule has 29 heavy (non-hydrogen) atoms. The van der Waals surface area contributed by atoms with Crippen molar-refractivity contribution in [3.05, 3.63) is 87.3 Å². The highest BCUT2D eigenvalue weighted by Crippen LogP contribution is 2.11. The lowest BCUT2D eigenvalue weighted by Gasteiger charge is -2.05. The third kappa shape index (κ3) is 4.45. The van der Waals surface area contributed by atoms with Crippen LogP contribution in [0.1, 0.15) is 29.3 Å². The molecule has 0 saturated carbocycles. The molecular weight excluding hydrogens is 364 g/mol. The summed E-state index contributed by atoms with van der Waals surface area (Å²) >= 11 is 0. The fraction of sp³-hybridized carbons (Fsp3) is 0.227. The number of anilines is 2. The first-order chi connectivity index (χ1) is 14.1. The molecule has 0 bridgehead atoms. The molecule has 0 atom stereocenters. The van der Waals surface area contributed by atoms with Crippen LogP contribution in [-0.4, -0.2) is 19.6 Å². The number of hydrogen-bond acceptors (Lipinski definition) is 5. The Morgan fingerprint density at radius 2 is 1.66 bits per heavy atom. The highest BCUT2D eigenvalue weighted by molar-refractivity contribution is 5.45. The Labute approximate surface area is 168 Å². The van der Waals surface area contributed by atoms with E-state index >= 15 is 0 Å². The minimum atomic E-state index is -0.191. The van der Waals surface area contributed by atoms with Gasteiger partial charge in [0.05, 0.1) is 12.2 Å². The normalized spacial score (nSPS) is 11.0. The number of nitrogens with zero attached hydrogens (tertiary/aromatic N) is 3. The van der Waals surface area contributed by atoms with E-state index < -0.39 is 0 Å². The van der Waals surface area contributed by atoms with Gasteiger partial charge in [0.1, 0.15) is 0 Å². The van der Waals surface area contributed by atoms with Gasteiger partial charge in [-0.15, -0.1) is 0 Å². The summed E-state index contributed by atoms with van der Waals surface area (Å²) in [7, 11) is 0. The molecule has 0 aliphatic heterocycles. The lowest BCUT2D eigenvalue weighted by molar-refractivity contribution is 0.874. The summed E-state index contributed by atoms with van der Waals surface area (Å²) in [4.78, 5) is 21.3. The molecule has 2 aromatic heterocycles. The van der Waals surface area contributed by atoms with E-state index in [4.69, 9.17) is 0 Å². The maximum atomic E-state index is 12.4. The molecule has 0 aliphatic carbocycles. The van der Waals surface area contributed by atoms with E-state index in [9.17, 15) is 4.79 Å². The Balaban J connectivity index is 1.46. The number of H-pyrrole nitrogens is 1. The molecule has 148 valence electrons. The zero-order valence-electron chi connectivity index (χ0n) is 16.6. The maximum Gasteiger partial charge on any atom is 0.274 e. The Morgan fingerprint density at radius 3 is 2.38 bits per heavy atom. The minimum Gasteiger partial charge on any atom is -0.379 e. The van der Waals surface area contributed by atoms with Crippen LogP contribution in [0.2, 0.25) is 0 Å². The predicted molar refractivity (Wildman–Crippen MR) is 115 cm³/mol. The Hall–Kier alpha value is -3.61. The minimum absolute atomic E-state index is 0.191. The standard InChI is InChI=1S/C22H24N6O/c1-3-16-6-8-17(9-7-16)13-24-21-26-22-25-19(12-20(29)28(22)27-21)14-23-18-10-4-15(2)5-11-18/h4-12,23H,3,13-14H2,1-2H3,(H2,24,25,26,27). The van der Waals surface area contributed by atoms with Crippen LogP contribution in [0.5, 0.6) is 0 Å². The molecule has 7 nitrogen and oxygen atoms in total. The summed E-state index contributed by atoms with van der Waals surface area (Å²) in [6, 6.07) is 18.0. The first-order valence-electron chi connectivity index (χ1n) is 9.71. The van der Waals surface area contributed by atoms with Gasteiger partial charge in [-0.3, -0.25) is 9.89 Å². The quantitative estimate of drug-likeness (QED) is 0.451. The van der Waals surface area contributed by atoms with Gasteiger partial charge in [-0.25, -0.2) is 4.98 Å². The van der Waals surface area contributed by atoms with Crippen LogP contribution in [0.25, 0.3) is 5.78 Å². The topological polar surface area (TPSA) is 87.1 Å². The molecular formula is C22H24N6O. The molecule has 0 spiro atoms. The van der Waals surface area contributed by atoms with Crippen molar-refractivity contribution >= 4 is 17.4 Å². The Bertz CT molecular complexity index is 1160. The van der Waals surface area contributed by atoms with Gasteiger partial charge in [0.25, 0.3) is 11.3 Å². The second-order valence-corrected chi connectivity index (χ2v) is 7.04. The van der Waals surface area contributed by atoms with Gasteiger partial charge < -0.3 is 10.6 Å². The van der Waals surface area contributed by atoms with Crippen molar-refractivity contribution in [1.82, 2.24) is 19.6 Å². The van der Waals surface area contributed by atoms with Crippen LogP contribution in [0.15, 0.2) is 59.4 Å². The second kappa shape index (κ2) is 8.18. The van der Waals surface area contributed by atoms with E-state index in [1.807, 2.05) is 31.2 Å². The highest BCUT2D eigenvalue weighted by Gasteiger charge is 2.08. The molecule has 0 saturated heterocycles. The molecule has 4 rings (SSSR count). The van der Waals surface area contributed by atoms with Crippen molar-refractivity contribution in [2.45, 2.75) is 33.4 Å². The number of aryl methyl sites for hydroxylation is 2. The number of fused-ring (bicyclic) bond motifs is 1. The first-order valence-corrected chi connectivity index (χ1v) is 9.71.